The Bertz CT molecular complexity index is 691. The molecule has 2 unspecified atom stereocenters. The molecule has 1 fully saturated rings. The maximum Gasteiger partial charge on any atom is 0.258 e. The molecule has 6 heteroatoms. The number of carbonyl (C=O) groups is 1. The minimum atomic E-state index is -0.598. The molecule has 2 aromatic rings. The molecule has 3 nitrogen and oxygen atoms in total. The van der Waals surface area contributed by atoms with Crippen LogP contribution in [0.4, 0.5) is 0 Å². The van der Waals surface area contributed by atoms with E-state index in [1.807, 2.05) is 0 Å². The fourth-order valence-corrected chi connectivity index (χ4v) is 3.42. The minimum Gasteiger partial charge on any atom is -0.360 e. The number of carbonyl (C=O) groups excluding carboxylic acids is 1. The summed E-state index contributed by atoms with van der Waals surface area (Å²) in [5, 5.41) is 4.23. The molecule has 1 heterocycles. The van der Waals surface area contributed by atoms with Gasteiger partial charge in [0.2, 0.25) is 0 Å². The van der Waals surface area contributed by atoms with E-state index in [0.717, 1.165) is 12.8 Å². The molecule has 0 radical (unpaired) electrons. The van der Waals surface area contributed by atoms with Gasteiger partial charge in [0.15, 0.2) is 5.76 Å². The van der Waals surface area contributed by atoms with Crippen LogP contribution in [0, 0.1) is 5.92 Å². The van der Waals surface area contributed by atoms with E-state index in [9.17, 15) is 4.79 Å². The first kappa shape index (κ1) is 14.9. The summed E-state index contributed by atoms with van der Waals surface area (Å²) in [6.07, 6.45) is 2.02. The molecule has 21 heavy (non-hydrogen) atoms. The molecule has 1 aromatic heterocycles. The van der Waals surface area contributed by atoms with Crippen molar-refractivity contribution in [2.24, 2.45) is 5.92 Å². The topological polar surface area (TPSA) is 43.1 Å². The molecule has 2 atom stereocenters. The molecule has 0 aliphatic heterocycles. The van der Waals surface area contributed by atoms with Crippen LogP contribution in [0.25, 0.3) is 11.3 Å². The van der Waals surface area contributed by atoms with Crippen LogP contribution in [0.5, 0.6) is 0 Å². The average Bonchev–Trinajstić information content (AvgIpc) is 3.09. The minimum absolute atomic E-state index is 0.204. The van der Waals surface area contributed by atoms with Crippen LogP contribution >= 0.6 is 34.8 Å². The van der Waals surface area contributed by atoms with Crippen LogP contribution in [0.1, 0.15) is 41.8 Å². The fourth-order valence-electron chi connectivity index (χ4n) is 2.66. The van der Waals surface area contributed by atoms with Gasteiger partial charge in [0, 0.05) is 11.5 Å². The van der Waals surface area contributed by atoms with Gasteiger partial charge in [-0.2, -0.15) is 0 Å². The van der Waals surface area contributed by atoms with E-state index in [1.54, 1.807) is 18.2 Å². The number of hydrogen-bond acceptors (Lipinski definition) is 3. The first-order valence-corrected chi connectivity index (χ1v) is 7.81. The second-order valence-electron chi connectivity index (χ2n) is 5.15. The van der Waals surface area contributed by atoms with Crippen molar-refractivity contribution in [3.8, 4) is 11.3 Å². The monoisotopic (exact) mass is 343 g/mol. The zero-order valence-electron chi connectivity index (χ0n) is 11.2. The van der Waals surface area contributed by atoms with Crippen LogP contribution in [-0.2, 0) is 0 Å². The fraction of sp³-hybridized carbons (Fsp3) is 0.333. The van der Waals surface area contributed by atoms with Gasteiger partial charge in [-0.3, -0.25) is 4.79 Å². The summed E-state index contributed by atoms with van der Waals surface area (Å²) >= 11 is 18.1. The Hall–Kier alpha value is -1.03. The summed E-state index contributed by atoms with van der Waals surface area (Å²) < 4.78 is 5.40. The standard InChI is InChI=1S/C15H12Cl3NO2/c1-2-7-6-8(7)14-12(15(18)20)13(19-21-14)11-9(16)4-3-5-10(11)17/h3-5,7-8H,2,6H2,1H3. The third-order valence-corrected chi connectivity index (χ3v) is 4.72. The van der Waals surface area contributed by atoms with Crippen molar-refractivity contribution in [3.05, 3.63) is 39.6 Å². The van der Waals surface area contributed by atoms with Gasteiger partial charge < -0.3 is 4.52 Å². The molecule has 0 amide bonds. The Kier molecular flexibility index (Phi) is 4.00. The third kappa shape index (κ3) is 2.59. The second-order valence-corrected chi connectivity index (χ2v) is 6.31. The predicted molar refractivity (Wildman–Crippen MR) is 83.3 cm³/mol. The lowest BCUT2D eigenvalue weighted by atomic mass is 10.0. The van der Waals surface area contributed by atoms with Crippen LogP contribution in [0.2, 0.25) is 10.0 Å². The van der Waals surface area contributed by atoms with Crippen molar-refractivity contribution in [1.82, 2.24) is 5.16 Å². The van der Waals surface area contributed by atoms with E-state index in [2.05, 4.69) is 12.1 Å². The maximum atomic E-state index is 11.9. The number of hydrogen-bond donors (Lipinski definition) is 0. The first-order chi connectivity index (χ1) is 10.0. The van der Waals surface area contributed by atoms with Crippen LogP contribution in [0.3, 0.4) is 0 Å². The molecular weight excluding hydrogens is 333 g/mol. The lowest BCUT2D eigenvalue weighted by Gasteiger charge is -2.04. The van der Waals surface area contributed by atoms with Crippen molar-refractivity contribution in [1.29, 1.82) is 0 Å². The van der Waals surface area contributed by atoms with Gasteiger partial charge in [-0.25, -0.2) is 0 Å². The Morgan fingerprint density at radius 1 is 1.38 bits per heavy atom. The van der Waals surface area contributed by atoms with E-state index in [-0.39, 0.29) is 11.5 Å². The third-order valence-electron chi connectivity index (χ3n) is 3.90. The molecule has 1 saturated carbocycles. The predicted octanol–water partition coefficient (Wildman–Crippen LogP) is 5.54. The molecule has 1 aromatic carbocycles. The lowest BCUT2D eigenvalue weighted by molar-refractivity contribution is 0.108. The first-order valence-electron chi connectivity index (χ1n) is 6.68. The number of halogens is 3. The van der Waals surface area contributed by atoms with Crippen molar-refractivity contribution in [2.75, 3.05) is 0 Å². The molecule has 3 rings (SSSR count). The molecule has 110 valence electrons. The molecule has 1 aliphatic carbocycles. The van der Waals surface area contributed by atoms with Gasteiger partial charge in [0.25, 0.3) is 5.24 Å². The molecule has 1 aliphatic rings. The van der Waals surface area contributed by atoms with Gasteiger partial charge in [-0.05, 0) is 36.1 Å². The normalized spacial score (nSPS) is 20.6. The average molecular weight is 345 g/mol. The Morgan fingerprint density at radius 3 is 2.57 bits per heavy atom. The summed E-state index contributed by atoms with van der Waals surface area (Å²) in [6.45, 7) is 2.11. The molecular formula is C15H12Cl3NO2. The lowest BCUT2D eigenvalue weighted by Crippen LogP contribution is -1.96. The maximum absolute atomic E-state index is 11.9. The zero-order chi connectivity index (χ0) is 15.1. The summed E-state index contributed by atoms with van der Waals surface area (Å²) in [5.74, 6) is 1.27. The summed E-state index contributed by atoms with van der Waals surface area (Å²) in [7, 11) is 0. The SMILES string of the molecule is CCC1CC1c1onc(-c2c(Cl)cccc2Cl)c1C(=O)Cl. The number of rotatable bonds is 4. The van der Waals surface area contributed by atoms with Gasteiger partial charge in [-0.1, -0.05) is 47.8 Å². The van der Waals surface area contributed by atoms with E-state index in [4.69, 9.17) is 39.3 Å². The van der Waals surface area contributed by atoms with Crippen LogP contribution in [-0.4, -0.2) is 10.4 Å². The summed E-state index contributed by atoms with van der Waals surface area (Å²) in [4.78, 5) is 11.9. The molecule has 0 saturated heterocycles. The van der Waals surface area contributed by atoms with Crippen molar-refractivity contribution in [2.45, 2.75) is 25.7 Å². The summed E-state index contributed by atoms with van der Waals surface area (Å²) in [6, 6.07) is 5.10. The van der Waals surface area contributed by atoms with E-state index >= 15 is 0 Å². The molecule has 0 N–H and O–H groups in total. The second kappa shape index (κ2) is 5.64. The highest BCUT2D eigenvalue weighted by atomic mass is 35.5. The van der Waals surface area contributed by atoms with Crippen LogP contribution < -0.4 is 0 Å². The van der Waals surface area contributed by atoms with Crippen molar-refractivity contribution < 1.29 is 9.32 Å². The van der Waals surface area contributed by atoms with Gasteiger partial charge >= 0.3 is 0 Å². The number of benzene rings is 1. The largest absolute Gasteiger partial charge is 0.360 e. The summed E-state index contributed by atoms with van der Waals surface area (Å²) in [5.41, 5.74) is 1.09. The van der Waals surface area contributed by atoms with Gasteiger partial charge in [0.05, 0.1) is 10.0 Å². The molecule has 0 bridgehead atoms. The highest BCUT2D eigenvalue weighted by Crippen LogP contribution is 2.52. The van der Waals surface area contributed by atoms with Crippen molar-refractivity contribution >= 4 is 40.0 Å². The van der Waals surface area contributed by atoms with Crippen molar-refractivity contribution in [3.63, 3.8) is 0 Å². The Labute approximate surface area is 137 Å². The number of nitrogens with zero attached hydrogens (tertiary/aromatic N) is 1. The Morgan fingerprint density at radius 2 is 2.05 bits per heavy atom. The smallest absolute Gasteiger partial charge is 0.258 e. The van der Waals surface area contributed by atoms with Gasteiger partial charge in [-0.15, -0.1) is 0 Å². The number of aromatic nitrogens is 1. The zero-order valence-corrected chi connectivity index (χ0v) is 13.5. The highest BCUT2D eigenvalue weighted by Gasteiger charge is 2.43. The Balaban J connectivity index is 2.14. The quantitative estimate of drug-likeness (QED) is 0.684. The van der Waals surface area contributed by atoms with E-state index in [1.165, 1.54) is 0 Å². The highest BCUT2D eigenvalue weighted by molar-refractivity contribution is 6.68. The molecule has 0 spiro atoms. The van der Waals surface area contributed by atoms with E-state index < -0.39 is 5.24 Å². The van der Waals surface area contributed by atoms with Crippen LogP contribution in [0.15, 0.2) is 22.7 Å². The van der Waals surface area contributed by atoms with Gasteiger partial charge in [0.1, 0.15) is 11.3 Å². The van der Waals surface area contributed by atoms with E-state index in [0.29, 0.717) is 33.0 Å².